The van der Waals surface area contributed by atoms with E-state index >= 15 is 0 Å². The molecule has 2 N–H and O–H groups in total. The van der Waals surface area contributed by atoms with Crippen LogP contribution in [0.3, 0.4) is 0 Å². The summed E-state index contributed by atoms with van der Waals surface area (Å²) in [6, 6.07) is 1.53. The molecule has 0 amide bonds. The van der Waals surface area contributed by atoms with E-state index in [1.54, 1.807) is 5.38 Å². The lowest BCUT2D eigenvalue weighted by molar-refractivity contribution is 0.656. The summed E-state index contributed by atoms with van der Waals surface area (Å²) < 4.78 is 12.2. The predicted molar refractivity (Wildman–Crippen MR) is 37.0 cm³/mol. The van der Waals surface area contributed by atoms with Crippen LogP contribution in [0.1, 0.15) is 5.56 Å². The van der Waals surface area contributed by atoms with Crippen molar-refractivity contribution in [3.05, 3.63) is 22.1 Å². The van der Waals surface area contributed by atoms with Crippen LogP contribution < -0.4 is 5.73 Å². The van der Waals surface area contributed by atoms with E-state index in [-0.39, 0.29) is 5.13 Å². The van der Waals surface area contributed by atoms with Gasteiger partial charge in [-0.05, 0) is 30.0 Å². The van der Waals surface area contributed by atoms with Crippen molar-refractivity contribution in [3.8, 4) is 0 Å². The van der Waals surface area contributed by atoms with Crippen LogP contribution in [0.2, 0.25) is 0 Å². The lowest BCUT2D eigenvalue weighted by Crippen LogP contribution is -2.01. The summed E-state index contributed by atoms with van der Waals surface area (Å²) in [5.74, 6) is 0. The molecular weight excluding hydrogens is 137 g/mol. The van der Waals surface area contributed by atoms with Crippen molar-refractivity contribution < 1.29 is 4.39 Å². The molecule has 0 saturated carbocycles. The third-order valence-corrected chi connectivity index (χ3v) is 1.82. The highest BCUT2D eigenvalue weighted by atomic mass is 32.1. The maximum Gasteiger partial charge on any atom is 0.176 e. The second-order valence-corrected chi connectivity index (χ2v) is 2.66. The highest BCUT2D eigenvalue weighted by molar-refractivity contribution is 7.08. The summed E-state index contributed by atoms with van der Waals surface area (Å²) in [7, 11) is 0. The predicted octanol–water partition coefficient (Wildman–Crippen LogP) is 1.39. The molecule has 0 saturated heterocycles. The Kier molecular flexibility index (Phi) is 2.19. The molecule has 1 heterocycles. The molecule has 1 aromatic rings. The number of rotatable bonds is 2. The minimum atomic E-state index is -0.126. The first-order valence-corrected chi connectivity index (χ1v) is 3.64. The Hall–Kier alpha value is -0.410. The maximum atomic E-state index is 12.2. The molecule has 3 heteroatoms. The van der Waals surface area contributed by atoms with E-state index in [0.29, 0.717) is 6.54 Å². The van der Waals surface area contributed by atoms with E-state index in [9.17, 15) is 4.39 Å². The molecule has 0 spiro atoms. The Morgan fingerprint density at radius 2 is 2.44 bits per heavy atom. The summed E-state index contributed by atoms with van der Waals surface area (Å²) in [4.78, 5) is 0. The molecule has 0 fully saturated rings. The fourth-order valence-corrected chi connectivity index (χ4v) is 1.31. The Balaban J connectivity index is 2.61. The normalized spacial score (nSPS) is 10.0. The molecule has 0 unspecified atom stereocenters. The molecule has 0 bridgehead atoms. The monoisotopic (exact) mass is 145 g/mol. The van der Waals surface area contributed by atoms with Crippen LogP contribution in [0.15, 0.2) is 11.4 Å². The second kappa shape index (κ2) is 2.94. The van der Waals surface area contributed by atoms with Crippen LogP contribution in [0.5, 0.6) is 0 Å². The average Bonchev–Trinajstić information content (AvgIpc) is 2.17. The van der Waals surface area contributed by atoms with Crippen LogP contribution in [-0.2, 0) is 6.42 Å². The zero-order valence-corrected chi connectivity index (χ0v) is 5.75. The van der Waals surface area contributed by atoms with Gasteiger partial charge in [0, 0.05) is 0 Å². The first-order valence-electron chi connectivity index (χ1n) is 2.76. The van der Waals surface area contributed by atoms with Gasteiger partial charge in [-0.25, -0.2) is 0 Å². The van der Waals surface area contributed by atoms with Crippen molar-refractivity contribution in [2.75, 3.05) is 6.54 Å². The third kappa shape index (κ3) is 1.77. The Morgan fingerprint density at radius 3 is 2.89 bits per heavy atom. The molecule has 0 aliphatic rings. The van der Waals surface area contributed by atoms with Crippen molar-refractivity contribution in [2.24, 2.45) is 5.73 Å². The molecule has 0 radical (unpaired) electrons. The number of nitrogens with two attached hydrogens (primary N) is 1. The SMILES string of the molecule is NCCc1csc(F)c1. The Morgan fingerprint density at radius 1 is 1.67 bits per heavy atom. The van der Waals surface area contributed by atoms with Gasteiger partial charge in [0.15, 0.2) is 5.13 Å². The summed E-state index contributed by atoms with van der Waals surface area (Å²) in [5.41, 5.74) is 6.25. The van der Waals surface area contributed by atoms with Crippen LogP contribution >= 0.6 is 11.3 Å². The van der Waals surface area contributed by atoms with Crippen LogP contribution in [-0.4, -0.2) is 6.54 Å². The average molecular weight is 145 g/mol. The van der Waals surface area contributed by atoms with Gasteiger partial charge in [-0.1, -0.05) is 0 Å². The van der Waals surface area contributed by atoms with Gasteiger partial charge in [0.25, 0.3) is 0 Å². The van der Waals surface area contributed by atoms with Crippen molar-refractivity contribution in [1.29, 1.82) is 0 Å². The molecule has 0 aromatic carbocycles. The number of thiophene rings is 1. The molecule has 1 aromatic heterocycles. The van der Waals surface area contributed by atoms with Crippen molar-refractivity contribution in [3.63, 3.8) is 0 Å². The molecule has 1 rings (SSSR count). The quantitative estimate of drug-likeness (QED) is 0.668. The van der Waals surface area contributed by atoms with Crippen LogP contribution in [0.25, 0.3) is 0 Å². The van der Waals surface area contributed by atoms with Gasteiger partial charge < -0.3 is 5.73 Å². The summed E-state index contributed by atoms with van der Waals surface area (Å²) >= 11 is 1.12. The van der Waals surface area contributed by atoms with Gasteiger partial charge in [-0.2, -0.15) is 4.39 Å². The summed E-state index contributed by atoms with van der Waals surface area (Å²) in [6.07, 6.45) is 0.778. The number of hydrogen-bond donors (Lipinski definition) is 1. The smallest absolute Gasteiger partial charge is 0.176 e. The minimum absolute atomic E-state index is 0.126. The van der Waals surface area contributed by atoms with E-state index in [0.717, 1.165) is 23.3 Å². The van der Waals surface area contributed by atoms with Gasteiger partial charge in [0.1, 0.15) is 0 Å². The zero-order chi connectivity index (χ0) is 6.69. The van der Waals surface area contributed by atoms with E-state index < -0.39 is 0 Å². The van der Waals surface area contributed by atoms with Crippen LogP contribution in [0, 0.1) is 5.13 Å². The molecule has 9 heavy (non-hydrogen) atoms. The van der Waals surface area contributed by atoms with Gasteiger partial charge in [0.05, 0.1) is 0 Å². The van der Waals surface area contributed by atoms with Gasteiger partial charge in [-0.15, -0.1) is 11.3 Å². The van der Waals surface area contributed by atoms with Crippen LogP contribution in [0.4, 0.5) is 4.39 Å². The van der Waals surface area contributed by atoms with Crippen molar-refractivity contribution in [1.82, 2.24) is 0 Å². The highest BCUT2D eigenvalue weighted by Crippen LogP contribution is 2.11. The number of hydrogen-bond acceptors (Lipinski definition) is 2. The van der Waals surface area contributed by atoms with Gasteiger partial charge >= 0.3 is 0 Å². The molecule has 0 aliphatic carbocycles. The molecular formula is C6H8FNS. The standard InChI is InChI=1S/C6H8FNS/c7-6-3-5(1-2-8)4-9-6/h3-4H,1-2,8H2. The van der Waals surface area contributed by atoms with E-state index in [1.807, 2.05) is 0 Å². The number of halogens is 1. The van der Waals surface area contributed by atoms with Crippen molar-refractivity contribution in [2.45, 2.75) is 6.42 Å². The fourth-order valence-electron chi connectivity index (χ4n) is 0.644. The first-order chi connectivity index (χ1) is 4.33. The topological polar surface area (TPSA) is 26.0 Å². The lowest BCUT2D eigenvalue weighted by Gasteiger charge is -1.86. The van der Waals surface area contributed by atoms with Gasteiger partial charge in [-0.3, -0.25) is 0 Å². The second-order valence-electron chi connectivity index (χ2n) is 1.80. The Labute approximate surface area is 57.3 Å². The molecule has 0 atom stereocenters. The maximum absolute atomic E-state index is 12.2. The van der Waals surface area contributed by atoms with Gasteiger partial charge in [0.2, 0.25) is 0 Å². The fraction of sp³-hybridized carbons (Fsp3) is 0.333. The minimum Gasteiger partial charge on any atom is -0.330 e. The van der Waals surface area contributed by atoms with Crippen molar-refractivity contribution >= 4 is 11.3 Å². The highest BCUT2D eigenvalue weighted by Gasteiger charge is 1.95. The lowest BCUT2D eigenvalue weighted by atomic mass is 10.2. The first kappa shape index (κ1) is 6.71. The summed E-state index contributed by atoms with van der Waals surface area (Å²) in [6.45, 7) is 0.593. The Bertz CT molecular complexity index is 185. The third-order valence-electron chi connectivity index (χ3n) is 1.05. The molecule has 50 valence electrons. The summed E-state index contributed by atoms with van der Waals surface area (Å²) in [5, 5.41) is 1.67. The zero-order valence-electron chi connectivity index (χ0n) is 4.93. The van der Waals surface area contributed by atoms with E-state index in [1.165, 1.54) is 6.07 Å². The van der Waals surface area contributed by atoms with E-state index in [2.05, 4.69) is 0 Å². The molecule has 0 aliphatic heterocycles. The van der Waals surface area contributed by atoms with E-state index in [4.69, 9.17) is 5.73 Å². The largest absolute Gasteiger partial charge is 0.330 e. The molecule has 1 nitrogen and oxygen atoms in total.